The van der Waals surface area contributed by atoms with Crippen LogP contribution in [0, 0.1) is 11.8 Å². The number of rotatable bonds is 7. The summed E-state index contributed by atoms with van der Waals surface area (Å²) in [5.41, 5.74) is 2.02. The summed E-state index contributed by atoms with van der Waals surface area (Å²) in [6.45, 7) is 1.43. The van der Waals surface area contributed by atoms with Crippen LogP contribution in [0.25, 0.3) is 0 Å². The van der Waals surface area contributed by atoms with Crippen LogP contribution in [0.2, 0.25) is 5.02 Å². The number of hydrogen-bond donors (Lipinski definition) is 0. The normalized spacial score (nSPS) is 10.0. The van der Waals surface area contributed by atoms with E-state index in [1.807, 2.05) is 36.4 Å². The Morgan fingerprint density at radius 1 is 1.04 bits per heavy atom. The number of hydrogen-bond acceptors (Lipinski definition) is 2. The highest BCUT2D eigenvalue weighted by atomic mass is 35.5. The molecule has 3 heteroatoms. The Labute approximate surface area is 143 Å². The van der Waals surface area contributed by atoms with E-state index < -0.39 is 0 Å². The zero-order valence-corrected chi connectivity index (χ0v) is 14.1. The van der Waals surface area contributed by atoms with Crippen molar-refractivity contribution < 1.29 is 9.47 Å². The van der Waals surface area contributed by atoms with Crippen LogP contribution in [-0.4, -0.2) is 13.7 Å². The first-order valence-corrected chi connectivity index (χ1v) is 8.11. The van der Waals surface area contributed by atoms with Crippen molar-refractivity contribution in [2.75, 3.05) is 13.7 Å². The zero-order valence-electron chi connectivity index (χ0n) is 13.3. The molecule has 2 rings (SSSR count). The molecule has 2 nitrogen and oxygen atoms in total. The van der Waals surface area contributed by atoms with E-state index in [1.54, 1.807) is 7.11 Å². The average Bonchev–Trinajstić information content (AvgIpc) is 2.59. The number of unbranched alkanes of at least 4 members (excludes halogenated alkanes) is 2. The molecule has 0 spiro atoms. The van der Waals surface area contributed by atoms with Crippen LogP contribution in [0.3, 0.4) is 0 Å². The van der Waals surface area contributed by atoms with Gasteiger partial charge in [-0.15, -0.1) is 0 Å². The van der Waals surface area contributed by atoms with Crippen molar-refractivity contribution in [1.29, 1.82) is 0 Å². The van der Waals surface area contributed by atoms with E-state index in [2.05, 4.69) is 24.0 Å². The van der Waals surface area contributed by atoms with Gasteiger partial charge in [0.25, 0.3) is 0 Å². The van der Waals surface area contributed by atoms with Crippen molar-refractivity contribution in [2.45, 2.75) is 25.9 Å². The van der Waals surface area contributed by atoms with Crippen molar-refractivity contribution in [3.05, 3.63) is 64.7 Å². The number of methoxy groups -OCH3 is 1. The second-order valence-electron chi connectivity index (χ2n) is 5.14. The van der Waals surface area contributed by atoms with Crippen LogP contribution < -0.4 is 4.74 Å². The molecule has 23 heavy (non-hydrogen) atoms. The Bertz CT molecular complexity index is 656. The third-order valence-corrected chi connectivity index (χ3v) is 3.68. The van der Waals surface area contributed by atoms with Gasteiger partial charge in [0.05, 0.1) is 18.7 Å². The van der Waals surface area contributed by atoms with Gasteiger partial charge in [-0.25, -0.2) is 0 Å². The molecule has 0 fully saturated rings. The van der Waals surface area contributed by atoms with Crippen LogP contribution in [0.15, 0.2) is 48.5 Å². The van der Waals surface area contributed by atoms with Crippen molar-refractivity contribution in [3.63, 3.8) is 0 Å². The molecule has 0 aliphatic rings. The molecule has 0 saturated carbocycles. The Balaban J connectivity index is 1.64. The maximum Gasteiger partial charge on any atom is 0.120 e. The average molecular weight is 329 g/mol. The minimum absolute atomic E-state index is 0.657. The van der Waals surface area contributed by atoms with E-state index in [0.717, 1.165) is 37.2 Å². The quantitative estimate of drug-likeness (QED) is 0.521. The van der Waals surface area contributed by atoms with Gasteiger partial charge in [-0.3, -0.25) is 0 Å². The van der Waals surface area contributed by atoms with Gasteiger partial charge in [-0.2, -0.15) is 0 Å². The van der Waals surface area contributed by atoms with E-state index >= 15 is 0 Å². The van der Waals surface area contributed by atoms with E-state index in [0.29, 0.717) is 11.6 Å². The smallest absolute Gasteiger partial charge is 0.120 e. The summed E-state index contributed by atoms with van der Waals surface area (Å²) >= 11 is 6.11. The second kappa shape index (κ2) is 9.94. The first-order valence-electron chi connectivity index (χ1n) is 7.73. The van der Waals surface area contributed by atoms with Crippen molar-refractivity contribution in [1.82, 2.24) is 0 Å². The fourth-order valence-electron chi connectivity index (χ4n) is 2.07. The molecule has 0 atom stereocenters. The SMILES string of the molecule is COc1ccc(Cl)c(C#CCCCCOCc2ccccc2)c1. The van der Waals surface area contributed by atoms with Crippen molar-refractivity contribution in [2.24, 2.45) is 0 Å². The summed E-state index contributed by atoms with van der Waals surface area (Å²) in [4.78, 5) is 0. The Morgan fingerprint density at radius 2 is 1.87 bits per heavy atom. The first kappa shape index (κ1) is 17.4. The molecular formula is C20H21ClO2. The first-order chi connectivity index (χ1) is 11.3. The molecular weight excluding hydrogens is 308 g/mol. The summed E-state index contributed by atoms with van der Waals surface area (Å²) in [5, 5.41) is 0.657. The molecule has 2 aromatic carbocycles. The number of benzene rings is 2. The molecule has 120 valence electrons. The molecule has 0 amide bonds. The lowest BCUT2D eigenvalue weighted by atomic mass is 10.2. The standard InChI is InChI=1S/C20H21ClO2/c1-22-19-12-13-20(21)18(15-19)11-7-2-3-8-14-23-16-17-9-5-4-6-10-17/h4-6,9-10,12-13,15H,2-3,8,14,16H2,1H3. The molecule has 0 saturated heterocycles. The highest BCUT2D eigenvalue weighted by molar-refractivity contribution is 6.31. The fraction of sp³-hybridized carbons (Fsp3) is 0.300. The lowest BCUT2D eigenvalue weighted by Crippen LogP contribution is -1.95. The maximum atomic E-state index is 6.11. The van der Waals surface area contributed by atoms with Crippen LogP contribution in [0.1, 0.15) is 30.4 Å². The number of ether oxygens (including phenoxy) is 2. The summed E-state index contributed by atoms with van der Waals surface area (Å²) < 4.78 is 10.8. The summed E-state index contributed by atoms with van der Waals surface area (Å²) in [7, 11) is 1.63. The van der Waals surface area contributed by atoms with Crippen LogP contribution >= 0.6 is 11.6 Å². The topological polar surface area (TPSA) is 18.5 Å². The molecule has 0 N–H and O–H groups in total. The van der Waals surface area contributed by atoms with Gasteiger partial charge in [0.2, 0.25) is 0 Å². The lowest BCUT2D eigenvalue weighted by Gasteiger charge is -2.03. The molecule has 0 heterocycles. The fourth-order valence-corrected chi connectivity index (χ4v) is 2.23. The van der Waals surface area contributed by atoms with Gasteiger partial charge in [0.1, 0.15) is 5.75 Å². The molecule has 0 aliphatic carbocycles. The predicted octanol–water partition coefficient (Wildman–Crippen LogP) is 5.09. The van der Waals surface area contributed by atoms with Crippen LogP contribution in [0.4, 0.5) is 0 Å². The van der Waals surface area contributed by atoms with E-state index in [1.165, 1.54) is 5.56 Å². The second-order valence-corrected chi connectivity index (χ2v) is 5.55. The van der Waals surface area contributed by atoms with Gasteiger partial charge in [0.15, 0.2) is 0 Å². The van der Waals surface area contributed by atoms with E-state index in [-0.39, 0.29) is 0 Å². The van der Waals surface area contributed by atoms with Crippen LogP contribution in [-0.2, 0) is 11.3 Å². The minimum atomic E-state index is 0.657. The molecule has 0 unspecified atom stereocenters. The largest absolute Gasteiger partial charge is 0.497 e. The van der Waals surface area contributed by atoms with Gasteiger partial charge >= 0.3 is 0 Å². The maximum absolute atomic E-state index is 6.11. The lowest BCUT2D eigenvalue weighted by molar-refractivity contribution is 0.117. The Hall–Kier alpha value is -1.95. The van der Waals surface area contributed by atoms with Crippen molar-refractivity contribution in [3.8, 4) is 17.6 Å². The van der Waals surface area contributed by atoms with Gasteiger partial charge in [-0.05, 0) is 36.6 Å². The van der Waals surface area contributed by atoms with E-state index in [9.17, 15) is 0 Å². The highest BCUT2D eigenvalue weighted by Crippen LogP contribution is 2.20. The molecule has 0 bridgehead atoms. The summed E-state index contributed by atoms with van der Waals surface area (Å²) in [6.07, 6.45) is 2.86. The van der Waals surface area contributed by atoms with Crippen LogP contribution in [0.5, 0.6) is 5.75 Å². The van der Waals surface area contributed by atoms with Crippen molar-refractivity contribution >= 4 is 11.6 Å². The monoisotopic (exact) mass is 328 g/mol. The summed E-state index contributed by atoms with van der Waals surface area (Å²) in [5.74, 6) is 7.03. The molecule has 0 radical (unpaired) electrons. The molecule has 2 aromatic rings. The number of halogens is 1. The van der Waals surface area contributed by atoms with Gasteiger partial charge in [-0.1, -0.05) is 53.8 Å². The minimum Gasteiger partial charge on any atom is -0.497 e. The Morgan fingerprint density at radius 3 is 2.65 bits per heavy atom. The Kier molecular flexibility index (Phi) is 7.52. The van der Waals surface area contributed by atoms with Gasteiger partial charge < -0.3 is 9.47 Å². The predicted molar refractivity (Wildman–Crippen MR) is 94.8 cm³/mol. The third-order valence-electron chi connectivity index (χ3n) is 3.35. The zero-order chi connectivity index (χ0) is 16.3. The highest BCUT2D eigenvalue weighted by Gasteiger charge is 1.99. The van der Waals surface area contributed by atoms with E-state index in [4.69, 9.17) is 21.1 Å². The third kappa shape index (κ3) is 6.36. The molecule has 0 aromatic heterocycles. The molecule has 0 aliphatic heterocycles. The summed E-state index contributed by atoms with van der Waals surface area (Å²) in [6, 6.07) is 15.7. The van der Waals surface area contributed by atoms with Gasteiger partial charge in [0, 0.05) is 18.6 Å².